The first-order valence-electron chi connectivity index (χ1n) is 3.58. The van der Waals surface area contributed by atoms with E-state index in [-0.39, 0.29) is 19.0 Å². The fraction of sp³-hybridized carbons (Fsp3) is 0.714. The predicted octanol–water partition coefficient (Wildman–Crippen LogP) is 1.02. The van der Waals surface area contributed by atoms with Gasteiger partial charge < -0.3 is 15.2 Å². The maximum Gasteiger partial charge on any atom is 0.408 e. The van der Waals surface area contributed by atoms with Crippen molar-refractivity contribution in [1.82, 2.24) is 5.32 Å². The van der Waals surface area contributed by atoms with Gasteiger partial charge in [0.2, 0.25) is 0 Å². The summed E-state index contributed by atoms with van der Waals surface area (Å²) in [6, 6.07) is 0. The van der Waals surface area contributed by atoms with Crippen molar-refractivity contribution in [2.75, 3.05) is 6.61 Å². The summed E-state index contributed by atoms with van der Waals surface area (Å²) in [5.41, 5.74) is -1.29. The van der Waals surface area contributed by atoms with Crippen molar-refractivity contribution in [2.24, 2.45) is 0 Å². The third kappa shape index (κ3) is 5.30. The lowest BCUT2D eigenvalue weighted by molar-refractivity contribution is -0.143. The van der Waals surface area contributed by atoms with E-state index in [9.17, 15) is 9.59 Å². The maximum absolute atomic E-state index is 10.8. The number of carboxylic acids is 1. The normalized spacial score (nSPS) is 9.77. The van der Waals surface area contributed by atoms with Crippen LogP contribution in [-0.4, -0.2) is 29.3 Å². The fourth-order valence-corrected chi connectivity index (χ4v) is 0.476. The van der Waals surface area contributed by atoms with E-state index >= 15 is 0 Å². The Hall–Kier alpha value is -0.970. The molecule has 0 saturated heterocycles. The van der Waals surface area contributed by atoms with Gasteiger partial charge in [0.15, 0.2) is 0 Å². The molecule has 0 saturated carbocycles. The first-order chi connectivity index (χ1) is 5.40. The zero-order valence-corrected chi connectivity index (χ0v) is 8.60. The van der Waals surface area contributed by atoms with Crippen LogP contribution in [0.5, 0.6) is 0 Å². The van der Waals surface area contributed by atoms with Gasteiger partial charge >= 0.3 is 12.1 Å². The second-order valence-corrected chi connectivity index (χ2v) is 2.78. The van der Waals surface area contributed by atoms with Gasteiger partial charge in [-0.1, -0.05) is 0 Å². The van der Waals surface area contributed by atoms with E-state index in [0.29, 0.717) is 0 Å². The van der Waals surface area contributed by atoms with Crippen molar-refractivity contribution >= 4 is 24.5 Å². The molecule has 0 unspecified atom stereocenters. The molecule has 0 bridgehead atoms. The van der Waals surface area contributed by atoms with Crippen molar-refractivity contribution < 1.29 is 19.4 Å². The number of carbonyl (C=O) groups excluding carboxylic acids is 1. The highest BCUT2D eigenvalue weighted by Gasteiger charge is 2.29. The summed E-state index contributed by atoms with van der Waals surface area (Å²) >= 11 is 0. The number of halogens is 1. The largest absolute Gasteiger partial charge is 0.480 e. The molecule has 5 nitrogen and oxygen atoms in total. The van der Waals surface area contributed by atoms with Crippen LogP contribution in [0.25, 0.3) is 0 Å². The second kappa shape index (κ2) is 5.64. The van der Waals surface area contributed by atoms with Crippen LogP contribution in [0.3, 0.4) is 0 Å². The number of aliphatic carboxylic acids is 1. The molecule has 0 heterocycles. The minimum Gasteiger partial charge on any atom is -0.480 e. The van der Waals surface area contributed by atoms with Crippen molar-refractivity contribution in [1.29, 1.82) is 0 Å². The molecule has 0 aliphatic carbocycles. The average Bonchev–Trinajstić information content (AvgIpc) is 1.85. The van der Waals surface area contributed by atoms with Crippen LogP contribution in [-0.2, 0) is 9.53 Å². The number of amides is 1. The number of hydrogen-bond donors (Lipinski definition) is 2. The van der Waals surface area contributed by atoms with Gasteiger partial charge in [0.1, 0.15) is 5.54 Å². The average molecular weight is 212 g/mol. The molecule has 2 N–H and O–H groups in total. The number of alkyl carbamates (subject to hydrolysis) is 1. The Kier molecular flexibility index (Phi) is 6.31. The second-order valence-electron chi connectivity index (χ2n) is 2.78. The number of carboxylic acid groups (broad SMARTS) is 1. The Labute approximate surface area is 82.9 Å². The Bertz CT molecular complexity index is 193. The minimum absolute atomic E-state index is 0. The van der Waals surface area contributed by atoms with Crippen LogP contribution >= 0.6 is 12.4 Å². The smallest absolute Gasteiger partial charge is 0.408 e. The van der Waals surface area contributed by atoms with E-state index in [1.165, 1.54) is 13.8 Å². The van der Waals surface area contributed by atoms with E-state index in [0.717, 1.165) is 0 Å². The fourth-order valence-electron chi connectivity index (χ4n) is 0.476. The summed E-state index contributed by atoms with van der Waals surface area (Å²) in [6.07, 6.45) is -0.718. The van der Waals surface area contributed by atoms with Crippen LogP contribution < -0.4 is 5.32 Å². The van der Waals surface area contributed by atoms with Crippen molar-refractivity contribution in [3.05, 3.63) is 0 Å². The van der Waals surface area contributed by atoms with E-state index in [1.54, 1.807) is 6.92 Å². The van der Waals surface area contributed by atoms with Gasteiger partial charge in [0.25, 0.3) is 0 Å². The highest BCUT2D eigenvalue weighted by Crippen LogP contribution is 2.01. The molecule has 0 atom stereocenters. The highest BCUT2D eigenvalue weighted by atomic mass is 35.5. The van der Waals surface area contributed by atoms with E-state index < -0.39 is 17.6 Å². The van der Waals surface area contributed by atoms with Gasteiger partial charge in [-0.15, -0.1) is 12.4 Å². The molecule has 0 spiro atoms. The number of hydrogen-bond acceptors (Lipinski definition) is 3. The van der Waals surface area contributed by atoms with Crippen molar-refractivity contribution in [3.8, 4) is 0 Å². The molecule has 0 aromatic heterocycles. The summed E-state index contributed by atoms with van der Waals surface area (Å²) in [4.78, 5) is 21.3. The van der Waals surface area contributed by atoms with Gasteiger partial charge in [0.05, 0.1) is 6.61 Å². The molecule has 0 aliphatic heterocycles. The highest BCUT2D eigenvalue weighted by molar-refractivity contribution is 5.85. The zero-order chi connectivity index (χ0) is 9.78. The first kappa shape index (κ1) is 14.5. The molecule has 0 aromatic carbocycles. The third-order valence-electron chi connectivity index (χ3n) is 1.22. The SMILES string of the molecule is CCOC(=O)NC(C)(C)C(=O)O.Cl. The van der Waals surface area contributed by atoms with Gasteiger partial charge in [-0.3, -0.25) is 0 Å². The zero-order valence-electron chi connectivity index (χ0n) is 7.79. The summed E-state index contributed by atoms with van der Waals surface area (Å²) in [5.74, 6) is -1.10. The number of nitrogens with one attached hydrogen (secondary N) is 1. The van der Waals surface area contributed by atoms with Crippen LogP contribution in [0.15, 0.2) is 0 Å². The lowest BCUT2D eigenvalue weighted by atomic mass is 10.1. The number of carbonyl (C=O) groups is 2. The Morgan fingerprint density at radius 1 is 1.46 bits per heavy atom. The molecular formula is C7H14ClNO4. The Morgan fingerprint density at radius 2 is 1.92 bits per heavy atom. The quantitative estimate of drug-likeness (QED) is 0.731. The van der Waals surface area contributed by atoms with Crippen molar-refractivity contribution in [3.63, 3.8) is 0 Å². The maximum atomic E-state index is 10.8. The van der Waals surface area contributed by atoms with Gasteiger partial charge in [-0.05, 0) is 20.8 Å². The summed E-state index contributed by atoms with van der Waals surface area (Å²) < 4.78 is 4.51. The van der Waals surface area contributed by atoms with E-state index in [1.807, 2.05) is 0 Å². The minimum atomic E-state index is -1.29. The standard InChI is InChI=1S/C7H13NO4.ClH/c1-4-12-6(11)8-7(2,3)5(9)10;/h4H2,1-3H3,(H,8,11)(H,9,10);1H. The summed E-state index contributed by atoms with van der Waals surface area (Å²) in [6.45, 7) is 4.63. The number of rotatable bonds is 3. The summed E-state index contributed by atoms with van der Waals surface area (Å²) in [7, 11) is 0. The molecule has 0 fully saturated rings. The van der Waals surface area contributed by atoms with Gasteiger partial charge in [0, 0.05) is 0 Å². The van der Waals surface area contributed by atoms with E-state index in [4.69, 9.17) is 5.11 Å². The molecule has 1 amide bonds. The molecule has 0 aromatic rings. The Morgan fingerprint density at radius 3 is 2.23 bits per heavy atom. The Balaban J connectivity index is 0. The molecule has 78 valence electrons. The molecule has 0 rings (SSSR count). The summed E-state index contributed by atoms with van der Waals surface area (Å²) in [5, 5.41) is 10.8. The van der Waals surface area contributed by atoms with Crippen LogP contribution in [0.2, 0.25) is 0 Å². The third-order valence-corrected chi connectivity index (χ3v) is 1.22. The van der Waals surface area contributed by atoms with Crippen LogP contribution in [0, 0.1) is 0 Å². The lowest BCUT2D eigenvalue weighted by Gasteiger charge is -2.19. The molecule has 0 radical (unpaired) electrons. The molecule has 13 heavy (non-hydrogen) atoms. The molecule has 6 heteroatoms. The monoisotopic (exact) mass is 211 g/mol. The predicted molar refractivity (Wildman–Crippen MR) is 49.1 cm³/mol. The van der Waals surface area contributed by atoms with Crippen LogP contribution in [0.1, 0.15) is 20.8 Å². The van der Waals surface area contributed by atoms with Crippen molar-refractivity contribution in [2.45, 2.75) is 26.3 Å². The van der Waals surface area contributed by atoms with Gasteiger partial charge in [-0.2, -0.15) is 0 Å². The van der Waals surface area contributed by atoms with Gasteiger partial charge in [-0.25, -0.2) is 9.59 Å². The first-order valence-corrected chi connectivity index (χ1v) is 3.58. The van der Waals surface area contributed by atoms with E-state index in [2.05, 4.69) is 10.1 Å². The van der Waals surface area contributed by atoms with Crippen LogP contribution in [0.4, 0.5) is 4.79 Å². The lowest BCUT2D eigenvalue weighted by Crippen LogP contribution is -2.49. The topological polar surface area (TPSA) is 75.6 Å². The molecule has 0 aliphatic rings. The molecular weight excluding hydrogens is 198 g/mol. The number of ether oxygens (including phenoxy) is 1.